The van der Waals surface area contributed by atoms with Gasteiger partial charge >= 0.3 is 6.18 Å². The van der Waals surface area contributed by atoms with E-state index in [1.807, 2.05) is 12.1 Å². The molecule has 0 bridgehead atoms. The SMILES string of the molecule is C[C@H]1CN(c2ccc3c(c2)C(=O)CC(c2cccc(C(F)(F)F)c2)O3)CCN1. The number of carbonyl (C=O) groups excluding carboxylic acids is 1. The van der Waals surface area contributed by atoms with Crippen LogP contribution in [0.5, 0.6) is 5.75 Å². The molecular weight excluding hydrogens is 369 g/mol. The van der Waals surface area contributed by atoms with Crippen molar-refractivity contribution in [2.24, 2.45) is 0 Å². The number of ketones is 1. The zero-order chi connectivity index (χ0) is 19.9. The van der Waals surface area contributed by atoms with E-state index in [4.69, 9.17) is 4.74 Å². The lowest BCUT2D eigenvalue weighted by molar-refractivity contribution is -0.137. The van der Waals surface area contributed by atoms with Crippen LogP contribution < -0.4 is 15.0 Å². The number of anilines is 1. The van der Waals surface area contributed by atoms with Crippen molar-refractivity contribution in [2.75, 3.05) is 24.5 Å². The van der Waals surface area contributed by atoms with Crippen LogP contribution in [0, 0.1) is 0 Å². The van der Waals surface area contributed by atoms with Crippen molar-refractivity contribution in [3.8, 4) is 5.75 Å². The van der Waals surface area contributed by atoms with E-state index >= 15 is 0 Å². The number of carbonyl (C=O) groups is 1. The van der Waals surface area contributed by atoms with E-state index in [1.165, 1.54) is 6.07 Å². The lowest BCUT2D eigenvalue weighted by Crippen LogP contribution is -2.49. The number of alkyl halides is 3. The molecule has 2 aromatic carbocycles. The Balaban J connectivity index is 1.59. The first-order chi connectivity index (χ1) is 13.3. The highest BCUT2D eigenvalue weighted by Crippen LogP contribution is 2.38. The second kappa shape index (κ2) is 7.13. The molecule has 0 spiro atoms. The number of fused-ring (bicyclic) bond motifs is 1. The van der Waals surface area contributed by atoms with Gasteiger partial charge in [0.2, 0.25) is 0 Å². The number of hydrogen-bond donors (Lipinski definition) is 1. The lowest BCUT2D eigenvalue weighted by atomic mass is 9.94. The van der Waals surface area contributed by atoms with E-state index in [0.717, 1.165) is 37.5 Å². The first kappa shape index (κ1) is 18.8. The van der Waals surface area contributed by atoms with Gasteiger partial charge in [-0.05, 0) is 42.8 Å². The zero-order valence-corrected chi connectivity index (χ0v) is 15.4. The van der Waals surface area contributed by atoms with Gasteiger partial charge in [0.25, 0.3) is 0 Å². The van der Waals surface area contributed by atoms with Crippen LogP contribution in [0.3, 0.4) is 0 Å². The van der Waals surface area contributed by atoms with E-state index in [2.05, 4.69) is 17.1 Å². The fourth-order valence-corrected chi connectivity index (χ4v) is 3.78. The van der Waals surface area contributed by atoms with E-state index < -0.39 is 17.8 Å². The molecule has 0 aliphatic carbocycles. The maximum Gasteiger partial charge on any atom is 0.416 e. The van der Waals surface area contributed by atoms with E-state index in [-0.39, 0.29) is 12.2 Å². The molecule has 2 atom stereocenters. The fourth-order valence-electron chi connectivity index (χ4n) is 3.78. The van der Waals surface area contributed by atoms with Gasteiger partial charge in [-0.25, -0.2) is 0 Å². The Bertz CT molecular complexity index is 897. The maximum absolute atomic E-state index is 13.0. The van der Waals surface area contributed by atoms with Gasteiger partial charge in [-0.2, -0.15) is 13.2 Å². The molecule has 0 radical (unpaired) electrons. The Morgan fingerprint density at radius 3 is 2.75 bits per heavy atom. The minimum absolute atomic E-state index is 0.0235. The summed E-state index contributed by atoms with van der Waals surface area (Å²) in [4.78, 5) is 14.9. The molecule has 2 heterocycles. The summed E-state index contributed by atoms with van der Waals surface area (Å²) >= 11 is 0. The van der Waals surface area contributed by atoms with Crippen LogP contribution in [0.25, 0.3) is 0 Å². The van der Waals surface area contributed by atoms with Crippen LogP contribution in [0.4, 0.5) is 18.9 Å². The molecule has 4 rings (SSSR count). The van der Waals surface area contributed by atoms with Gasteiger partial charge in [-0.3, -0.25) is 4.79 Å². The summed E-state index contributed by atoms with van der Waals surface area (Å²) in [6.07, 6.45) is -5.12. The number of nitrogens with zero attached hydrogens (tertiary/aromatic N) is 1. The van der Waals surface area contributed by atoms with Crippen molar-refractivity contribution < 1.29 is 22.7 Å². The zero-order valence-electron chi connectivity index (χ0n) is 15.4. The van der Waals surface area contributed by atoms with Crippen molar-refractivity contribution >= 4 is 11.5 Å². The molecular formula is C21H21F3N2O2. The Kier molecular flexibility index (Phi) is 4.79. The van der Waals surface area contributed by atoms with Crippen LogP contribution in [0.15, 0.2) is 42.5 Å². The molecule has 0 amide bonds. The predicted molar refractivity (Wildman–Crippen MR) is 99.9 cm³/mol. The van der Waals surface area contributed by atoms with Gasteiger partial charge in [0.15, 0.2) is 5.78 Å². The summed E-state index contributed by atoms with van der Waals surface area (Å²) in [5.74, 6) is 0.305. The third kappa shape index (κ3) is 3.71. The number of ether oxygens (including phenoxy) is 1. The van der Waals surface area contributed by atoms with E-state index in [1.54, 1.807) is 12.1 Å². The van der Waals surface area contributed by atoms with Crippen molar-refractivity contribution in [3.63, 3.8) is 0 Å². The number of halogens is 3. The first-order valence-electron chi connectivity index (χ1n) is 9.30. The Morgan fingerprint density at radius 1 is 1.18 bits per heavy atom. The molecule has 2 aromatic rings. The number of rotatable bonds is 2. The fraction of sp³-hybridized carbons (Fsp3) is 0.381. The van der Waals surface area contributed by atoms with Gasteiger partial charge in [0.1, 0.15) is 11.9 Å². The molecule has 2 aliphatic heterocycles. The molecule has 1 N–H and O–H groups in total. The molecule has 28 heavy (non-hydrogen) atoms. The Hall–Kier alpha value is -2.54. The quantitative estimate of drug-likeness (QED) is 0.834. The maximum atomic E-state index is 13.0. The molecule has 1 unspecified atom stereocenters. The topological polar surface area (TPSA) is 41.6 Å². The van der Waals surface area contributed by atoms with E-state index in [0.29, 0.717) is 22.9 Å². The van der Waals surface area contributed by atoms with Crippen molar-refractivity contribution in [1.29, 1.82) is 0 Å². The minimum atomic E-state index is -4.43. The second-order valence-electron chi connectivity index (χ2n) is 7.34. The smallest absolute Gasteiger partial charge is 0.416 e. The van der Waals surface area contributed by atoms with Gasteiger partial charge in [-0.15, -0.1) is 0 Å². The van der Waals surface area contributed by atoms with Gasteiger partial charge in [-0.1, -0.05) is 12.1 Å². The average molecular weight is 390 g/mol. The third-order valence-electron chi connectivity index (χ3n) is 5.22. The van der Waals surface area contributed by atoms with E-state index in [9.17, 15) is 18.0 Å². The van der Waals surface area contributed by atoms with Crippen molar-refractivity contribution in [2.45, 2.75) is 31.7 Å². The summed E-state index contributed by atoms with van der Waals surface area (Å²) in [5, 5.41) is 3.38. The standard InChI is InChI=1S/C21H21F3N2O2/c1-13-12-26(8-7-25-13)16-5-6-19-17(10-16)18(27)11-20(28-19)14-3-2-4-15(9-14)21(22,23)24/h2-6,9-10,13,20,25H,7-8,11-12H2,1H3/t13-,20?/m0/s1. The number of piperazine rings is 1. The summed E-state index contributed by atoms with van der Waals surface area (Å²) in [6, 6.07) is 10.8. The van der Waals surface area contributed by atoms with Crippen LogP contribution in [0.2, 0.25) is 0 Å². The molecule has 1 fully saturated rings. The molecule has 1 saturated heterocycles. The molecule has 0 aromatic heterocycles. The van der Waals surface area contributed by atoms with Crippen LogP contribution in [0.1, 0.15) is 40.9 Å². The molecule has 7 heteroatoms. The van der Waals surface area contributed by atoms with Crippen LogP contribution >= 0.6 is 0 Å². The monoisotopic (exact) mass is 390 g/mol. The van der Waals surface area contributed by atoms with Crippen LogP contribution in [-0.2, 0) is 6.18 Å². The highest BCUT2D eigenvalue weighted by atomic mass is 19.4. The third-order valence-corrected chi connectivity index (χ3v) is 5.22. The first-order valence-corrected chi connectivity index (χ1v) is 9.30. The lowest BCUT2D eigenvalue weighted by Gasteiger charge is -2.34. The summed E-state index contributed by atoms with van der Waals surface area (Å²) in [5.41, 5.74) is 1.07. The molecule has 148 valence electrons. The second-order valence-corrected chi connectivity index (χ2v) is 7.34. The van der Waals surface area contributed by atoms with Gasteiger partial charge < -0.3 is 15.0 Å². The average Bonchev–Trinajstić information content (AvgIpc) is 2.67. The largest absolute Gasteiger partial charge is 0.484 e. The minimum Gasteiger partial charge on any atom is -0.484 e. The molecule has 2 aliphatic rings. The van der Waals surface area contributed by atoms with Crippen molar-refractivity contribution in [3.05, 3.63) is 59.2 Å². The highest BCUT2D eigenvalue weighted by Gasteiger charge is 2.33. The van der Waals surface area contributed by atoms with Crippen LogP contribution in [-0.4, -0.2) is 31.5 Å². The Labute approximate surface area is 161 Å². The summed E-state index contributed by atoms with van der Waals surface area (Å²) < 4.78 is 44.8. The number of hydrogen-bond acceptors (Lipinski definition) is 4. The molecule has 4 nitrogen and oxygen atoms in total. The summed E-state index contributed by atoms with van der Waals surface area (Å²) in [6.45, 7) is 4.69. The van der Waals surface area contributed by atoms with Gasteiger partial charge in [0, 0.05) is 31.4 Å². The Morgan fingerprint density at radius 2 is 2.00 bits per heavy atom. The number of benzene rings is 2. The predicted octanol–water partition coefficient (Wildman–Crippen LogP) is 4.21. The normalized spacial score (nSPS) is 22.6. The van der Waals surface area contributed by atoms with Crippen molar-refractivity contribution in [1.82, 2.24) is 5.32 Å². The number of Topliss-reactive ketones (excluding diaryl/α,β-unsaturated/α-hetero) is 1. The highest BCUT2D eigenvalue weighted by molar-refractivity contribution is 6.01. The number of nitrogens with one attached hydrogen (secondary N) is 1. The van der Waals surface area contributed by atoms with Gasteiger partial charge in [0.05, 0.1) is 17.5 Å². The molecule has 0 saturated carbocycles. The summed E-state index contributed by atoms with van der Waals surface area (Å²) in [7, 11) is 0.